The fourth-order valence-corrected chi connectivity index (χ4v) is 4.58. The molecular weight excluding hydrogens is 314 g/mol. The van der Waals surface area contributed by atoms with Crippen molar-refractivity contribution in [3.05, 3.63) is 40.8 Å². The van der Waals surface area contributed by atoms with Crippen molar-refractivity contribution < 1.29 is 21.7 Å². The Morgan fingerprint density at radius 2 is 1.91 bits per heavy atom. The first-order chi connectivity index (χ1) is 10.3. The van der Waals surface area contributed by atoms with E-state index in [2.05, 4.69) is 5.16 Å². The highest BCUT2D eigenvalue weighted by atomic mass is 32.2. The topological polar surface area (TPSA) is 63.4 Å². The minimum atomic E-state index is -3.94. The molecule has 0 fully saturated rings. The number of aryl methyl sites for hydroxylation is 3. The molecule has 1 aromatic heterocycles. The van der Waals surface area contributed by atoms with E-state index in [-0.39, 0.29) is 28.6 Å². The first-order valence-corrected chi connectivity index (χ1v) is 8.20. The van der Waals surface area contributed by atoms with Crippen LogP contribution in [0.1, 0.15) is 23.4 Å². The summed E-state index contributed by atoms with van der Waals surface area (Å²) in [6.45, 7) is 3.23. The van der Waals surface area contributed by atoms with Crippen molar-refractivity contribution in [3.63, 3.8) is 0 Å². The zero-order valence-electron chi connectivity index (χ0n) is 12.1. The average molecular weight is 328 g/mol. The van der Waals surface area contributed by atoms with Gasteiger partial charge in [0.15, 0.2) is 22.3 Å². The summed E-state index contributed by atoms with van der Waals surface area (Å²) in [6.07, 6.45) is 1.03. The molecule has 1 aliphatic rings. The monoisotopic (exact) mass is 328 g/mol. The average Bonchev–Trinajstić information content (AvgIpc) is 2.79. The van der Waals surface area contributed by atoms with Gasteiger partial charge in [0.2, 0.25) is 0 Å². The summed E-state index contributed by atoms with van der Waals surface area (Å²) in [5, 5.41) is 3.65. The van der Waals surface area contributed by atoms with E-state index in [4.69, 9.17) is 4.52 Å². The van der Waals surface area contributed by atoms with E-state index < -0.39 is 21.7 Å². The van der Waals surface area contributed by atoms with E-state index in [1.807, 2.05) is 0 Å². The fraction of sp³-hybridized carbons (Fsp3) is 0.357. The number of benzene rings is 1. The van der Waals surface area contributed by atoms with Gasteiger partial charge in [-0.2, -0.15) is 0 Å². The summed E-state index contributed by atoms with van der Waals surface area (Å²) in [4.78, 5) is -0.0231. The molecule has 118 valence electrons. The van der Waals surface area contributed by atoms with Crippen LogP contribution < -0.4 is 4.31 Å². The van der Waals surface area contributed by atoms with Crippen LogP contribution in [0.2, 0.25) is 0 Å². The van der Waals surface area contributed by atoms with Crippen LogP contribution in [-0.4, -0.2) is 20.1 Å². The molecule has 0 amide bonds. The summed E-state index contributed by atoms with van der Waals surface area (Å²) >= 11 is 0. The third-order valence-electron chi connectivity index (χ3n) is 3.71. The first kappa shape index (κ1) is 15.0. The Labute approximate surface area is 126 Å². The molecule has 0 atom stereocenters. The Morgan fingerprint density at radius 1 is 1.23 bits per heavy atom. The number of anilines is 1. The van der Waals surface area contributed by atoms with E-state index in [1.165, 1.54) is 13.8 Å². The van der Waals surface area contributed by atoms with Crippen LogP contribution in [0.15, 0.2) is 21.6 Å². The minimum Gasteiger partial charge on any atom is -0.360 e. The van der Waals surface area contributed by atoms with Crippen LogP contribution in [0.5, 0.6) is 0 Å². The lowest BCUT2D eigenvalue weighted by Gasteiger charge is -2.30. The van der Waals surface area contributed by atoms with Gasteiger partial charge in [0.1, 0.15) is 5.69 Å². The number of nitrogens with zero attached hydrogens (tertiary/aromatic N) is 2. The molecule has 0 saturated carbocycles. The SMILES string of the molecule is Cc1noc(C)c1S(=O)(=O)N1CCCc2cc(F)c(F)cc21. The summed E-state index contributed by atoms with van der Waals surface area (Å²) in [5.74, 6) is -1.87. The number of hydrogen-bond donors (Lipinski definition) is 0. The van der Waals surface area contributed by atoms with Crippen LogP contribution in [0.4, 0.5) is 14.5 Å². The second-order valence-corrected chi connectivity index (χ2v) is 7.03. The lowest BCUT2D eigenvalue weighted by Crippen LogP contribution is -2.36. The fourth-order valence-electron chi connectivity index (χ4n) is 2.75. The van der Waals surface area contributed by atoms with Crippen molar-refractivity contribution in [1.29, 1.82) is 0 Å². The number of sulfonamides is 1. The number of rotatable bonds is 2. The van der Waals surface area contributed by atoms with Gasteiger partial charge in [-0.15, -0.1) is 0 Å². The van der Waals surface area contributed by atoms with Gasteiger partial charge in [-0.25, -0.2) is 17.2 Å². The van der Waals surface area contributed by atoms with E-state index in [0.717, 1.165) is 16.4 Å². The Bertz CT molecular complexity index is 827. The zero-order valence-corrected chi connectivity index (χ0v) is 12.9. The molecule has 0 bridgehead atoms. The molecule has 2 aromatic rings. The van der Waals surface area contributed by atoms with Crippen molar-refractivity contribution in [3.8, 4) is 0 Å². The second-order valence-electron chi connectivity index (χ2n) is 5.23. The number of fused-ring (bicyclic) bond motifs is 1. The molecule has 22 heavy (non-hydrogen) atoms. The molecule has 1 aliphatic heterocycles. The van der Waals surface area contributed by atoms with E-state index in [9.17, 15) is 17.2 Å². The molecule has 0 unspecified atom stereocenters. The second kappa shape index (κ2) is 5.05. The van der Waals surface area contributed by atoms with Crippen LogP contribution in [0, 0.1) is 25.5 Å². The molecule has 3 rings (SSSR count). The Hall–Kier alpha value is -1.96. The molecule has 1 aromatic carbocycles. The zero-order chi connectivity index (χ0) is 16.1. The van der Waals surface area contributed by atoms with E-state index in [1.54, 1.807) is 0 Å². The van der Waals surface area contributed by atoms with Gasteiger partial charge in [-0.05, 0) is 38.3 Å². The van der Waals surface area contributed by atoms with Gasteiger partial charge < -0.3 is 4.52 Å². The summed E-state index contributed by atoms with van der Waals surface area (Å²) in [5.41, 5.74) is 0.887. The quantitative estimate of drug-likeness (QED) is 0.850. The largest absolute Gasteiger partial charge is 0.360 e. The maximum atomic E-state index is 13.5. The van der Waals surface area contributed by atoms with Gasteiger partial charge in [0.25, 0.3) is 10.0 Å². The summed E-state index contributed by atoms with van der Waals surface area (Å²) in [6, 6.07) is 1.99. The first-order valence-electron chi connectivity index (χ1n) is 6.76. The lowest BCUT2D eigenvalue weighted by molar-refractivity contribution is 0.390. The van der Waals surface area contributed by atoms with Crippen LogP contribution in [0.25, 0.3) is 0 Å². The highest BCUT2D eigenvalue weighted by Crippen LogP contribution is 2.35. The van der Waals surface area contributed by atoms with Crippen LogP contribution >= 0.6 is 0 Å². The molecule has 0 spiro atoms. The highest BCUT2D eigenvalue weighted by Gasteiger charge is 2.34. The van der Waals surface area contributed by atoms with Gasteiger partial charge in [-0.1, -0.05) is 5.16 Å². The van der Waals surface area contributed by atoms with E-state index >= 15 is 0 Å². The maximum Gasteiger partial charge on any atom is 0.269 e. The molecule has 0 saturated heterocycles. The lowest BCUT2D eigenvalue weighted by atomic mass is 10.0. The van der Waals surface area contributed by atoms with Crippen molar-refractivity contribution in [1.82, 2.24) is 5.16 Å². The number of aromatic nitrogens is 1. The summed E-state index contributed by atoms with van der Waals surface area (Å²) in [7, 11) is -3.94. The summed E-state index contributed by atoms with van der Waals surface area (Å²) < 4.78 is 58.6. The predicted molar refractivity (Wildman–Crippen MR) is 75.2 cm³/mol. The third kappa shape index (κ3) is 2.18. The van der Waals surface area contributed by atoms with Crippen molar-refractivity contribution in [2.75, 3.05) is 10.8 Å². The van der Waals surface area contributed by atoms with Crippen LogP contribution in [0.3, 0.4) is 0 Å². The van der Waals surface area contributed by atoms with Crippen molar-refractivity contribution >= 4 is 15.7 Å². The van der Waals surface area contributed by atoms with Gasteiger partial charge >= 0.3 is 0 Å². The Balaban J connectivity index is 2.17. The normalized spacial score (nSPS) is 15.0. The molecule has 8 heteroatoms. The van der Waals surface area contributed by atoms with Gasteiger partial charge in [-0.3, -0.25) is 4.31 Å². The van der Waals surface area contributed by atoms with E-state index in [0.29, 0.717) is 18.4 Å². The molecule has 0 radical (unpaired) electrons. The van der Waals surface area contributed by atoms with Crippen molar-refractivity contribution in [2.45, 2.75) is 31.6 Å². The maximum absolute atomic E-state index is 13.5. The Morgan fingerprint density at radius 3 is 2.55 bits per heavy atom. The molecular formula is C14H14F2N2O3S. The predicted octanol–water partition coefficient (Wildman–Crippen LogP) is 2.71. The van der Waals surface area contributed by atoms with Gasteiger partial charge in [0.05, 0.1) is 5.69 Å². The Kier molecular flexibility index (Phi) is 3.43. The van der Waals surface area contributed by atoms with Crippen molar-refractivity contribution in [2.24, 2.45) is 0 Å². The molecule has 0 aliphatic carbocycles. The number of halogens is 2. The van der Waals surface area contributed by atoms with Crippen LogP contribution in [-0.2, 0) is 16.4 Å². The minimum absolute atomic E-state index is 0.0231. The van der Waals surface area contributed by atoms with Gasteiger partial charge in [0, 0.05) is 12.6 Å². The standard InChI is InChI=1S/C14H14F2N2O3S/c1-8-14(9(2)21-17-8)22(19,20)18-5-3-4-10-6-11(15)12(16)7-13(10)18/h6-7H,3-5H2,1-2H3. The molecule has 5 nitrogen and oxygen atoms in total. The number of hydrogen-bond acceptors (Lipinski definition) is 4. The molecule has 2 heterocycles. The third-order valence-corrected chi connectivity index (χ3v) is 5.77. The smallest absolute Gasteiger partial charge is 0.269 e. The highest BCUT2D eigenvalue weighted by molar-refractivity contribution is 7.93. The molecule has 0 N–H and O–H groups in total.